The fourth-order valence-electron chi connectivity index (χ4n) is 2.47. The smallest absolute Gasteiger partial charge is 0.335 e. The number of carbonyl (C=O) groups is 4. The molecule has 150 valence electrons. The SMILES string of the molecule is O=C(O)c1cc(C(=O)O)cc(-c2nnc(-c3cc(C(=O)O)cc(C(=O)O)c3)nn2)c1. The Morgan fingerprint density at radius 2 is 0.700 bits per heavy atom. The molecular weight excluding hydrogens is 400 g/mol. The van der Waals surface area contributed by atoms with E-state index in [1.807, 2.05) is 0 Å². The summed E-state index contributed by atoms with van der Waals surface area (Å²) >= 11 is 0. The van der Waals surface area contributed by atoms with Crippen molar-refractivity contribution in [3.05, 3.63) is 58.7 Å². The van der Waals surface area contributed by atoms with Crippen molar-refractivity contribution in [1.29, 1.82) is 0 Å². The number of aromatic nitrogens is 4. The van der Waals surface area contributed by atoms with Gasteiger partial charge in [-0.1, -0.05) is 0 Å². The number of hydrogen-bond donors (Lipinski definition) is 4. The molecule has 0 aliphatic carbocycles. The molecule has 0 saturated carbocycles. The molecule has 3 rings (SSSR count). The number of carboxylic acids is 4. The minimum absolute atomic E-state index is 0.0318. The van der Waals surface area contributed by atoms with Gasteiger partial charge in [-0.25, -0.2) is 19.2 Å². The van der Waals surface area contributed by atoms with Crippen molar-refractivity contribution < 1.29 is 39.6 Å². The first-order valence-corrected chi connectivity index (χ1v) is 7.97. The van der Waals surface area contributed by atoms with Crippen molar-refractivity contribution in [2.45, 2.75) is 0 Å². The van der Waals surface area contributed by atoms with Crippen molar-refractivity contribution in [2.75, 3.05) is 0 Å². The minimum atomic E-state index is -1.36. The molecule has 0 unspecified atom stereocenters. The van der Waals surface area contributed by atoms with E-state index in [0.717, 1.165) is 36.4 Å². The molecule has 12 heteroatoms. The standard InChI is InChI=1S/C18H10N4O8/c23-15(24)9-1-7(2-10(5-9)16(25)26)13-19-21-14(22-20-13)8-3-11(17(27)28)6-12(4-8)18(29)30/h1-6H,(H,23,24)(H,25,26)(H,27,28)(H,29,30). The fraction of sp³-hybridized carbons (Fsp3) is 0. The first-order valence-electron chi connectivity index (χ1n) is 7.97. The highest BCUT2D eigenvalue weighted by Gasteiger charge is 2.17. The Morgan fingerprint density at radius 3 is 0.900 bits per heavy atom. The topological polar surface area (TPSA) is 201 Å². The summed E-state index contributed by atoms with van der Waals surface area (Å²) in [6.07, 6.45) is 0. The number of nitrogens with zero attached hydrogens (tertiary/aromatic N) is 4. The van der Waals surface area contributed by atoms with Gasteiger partial charge in [-0.05, 0) is 36.4 Å². The van der Waals surface area contributed by atoms with Gasteiger partial charge in [0.15, 0.2) is 0 Å². The molecule has 0 bridgehead atoms. The van der Waals surface area contributed by atoms with Crippen molar-refractivity contribution in [3.63, 3.8) is 0 Å². The number of hydrogen-bond acceptors (Lipinski definition) is 8. The molecule has 0 spiro atoms. The second-order valence-electron chi connectivity index (χ2n) is 5.87. The zero-order valence-corrected chi connectivity index (χ0v) is 14.7. The Morgan fingerprint density at radius 1 is 0.467 bits per heavy atom. The molecule has 1 aromatic heterocycles. The van der Waals surface area contributed by atoms with Gasteiger partial charge >= 0.3 is 23.9 Å². The summed E-state index contributed by atoms with van der Waals surface area (Å²) in [6, 6.07) is 6.49. The summed E-state index contributed by atoms with van der Waals surface area (Å²) < 4.78 is 0. The predicted octanol–water partition coefficient (Wildman–Crippen LogP) is 1.39. The zero-order chi connectivity index (χ0) is 22.0. The largest absolute Gasteiger partial charge is 0.478 e. The van der Waals surface area contributed by atoms with Gasteiger partial charge in [-0.15, -0.1) is 20.4 Å². The van der Waals surface area contributed by atoms with Gasteiger partial charge < -0.3 is 20.4 Å². The average molecular weight is 410 g/mol. The van der Waals surface area contributed by atoms with Crippen LogP contribution in [-0.4, -0.2) is 64.7 Å². The van der Waals surface area contributed by atoms with Crippen LogP contribution in [0.15, 0.2) is 36.4 Å². The van der Waals surface area contributed by atoms with Crippen molar-refractivity contribution in [2.24, 2.45) is 0 Å². The van der Waals surface area contributed by atoms with E-state index in [1.54, 1.807) is 0 Å². The molecule has 0 aliphatic heterocycles. The van der Waals surface area contributed by atoms with E-state index < -0.39 is 23.9 Å². The van der Waals surface area contributed by atoms with Crippen LogP contribution in [0.25, 0.3) is 22.8 Å². The van der Waals surface area contributed by atoms with Crippen LogP contribution in [0.3, 0.4) is 0 Å². The summed E-state index contributed by atoms with van der Waals surface area (Å²) in [6.45, 7) is 0. The summed E-state index contributed by atoms with van der Waals surface area (Å²) in [5, 5.41) is 51.6. The minimum Gasteiger partial charge on any atom is -0.478 e. The van der Waals surface area contributed by atoms with E-state index >= 15 is 0 Å². The lowest BCUT2D eigenvalue weighted by Gasteiger charge is -2.06. The summed E-state index contributed by atoms with van der Waals surface area (Å²) in [5.74, 6) is -5.80. The first kappa shape index (κ1) is 20.0. The number of carboxylic acid groups (broad SMARTS) is 4. The third-order valence-electron chi connectivity index (χ3n) is 3.85. The Labute approximate surface area is 166 Å². The second-order valence-corrected chi connectivity index (χ2v) is 5.87. The van der Waals surface area contributed by atoms with Crippen LogP contribution in [0.4, 0.5) is 0 Å². The maximum Gasteiger partial charge on any atom is 0.335 e. The van der Waals surface area contributed by atoms with E-state index in [-0.39, 0.29) is 45.0 Å². The third-order valence-corrected chi connectivity index (χ3v) is 3.85. The third kappa shape index (κ3) is 4.06. The van der Waals surface area contributed by atoms with E-state index in [0.29, 0.717) is 0 Å². The Kier molecular flexibility index (Phi) is 5.14. The highest BCUT2D eigenvalue weighted by molar-refractivity contribution is 5.96. The van der Waals surface area contributed by atoms with Crippen molar-refractivity contribution in [3.8, 4) is 22.8 Å². The maximum atomic E-state index is 11.2. The van der Waals surface area contributed by atoms with Gasteiger partial charge in [0.05, 0.1) is 22.3 Å². The quantitative estimate of drug-likeness (QED) is 0.455. The highest BCUT2D eigenvalue weighted by Crippen LogP contribution is 2.22. The van der Waals surface area contributed by atoms with Crippen LogP contribution >= 0.6 is 0 Å². The van der Waals surface area contributed by atoms with Gasteiger partial charge in [0.25, 0.3) is 0 Å². The molecule has 3 aromatic rings. The van der Waals surface area contributed by atoms with Crippen LogP contribution in [0.2, 0.25) is 0 Å². The van der Waals surface area contributed by atoms with Crippen LogP contribution in [0.1, 0.15) is 41.4 Å². The molecule has 1 heterocycles. The van der Waals surface area contributed by atoms with E-state index in [2.05, 4.69) is 20.4 Å². The van der Waals surface area contributed by atoms with Crippen molar-refractivity contribution in [1.82, 2.24) is 20.4 Å². The number of rotatable bonds is 6. The Balaban J connectivity index is 2.06. The first-order chi connectivity index (χ1) is 14.2. The van der Waals surface area contributed by atoms with Crippen LogP contribution < -0.4 is 0 Å². The molecule has 0 radical (unpaired) electrons. The lowest BCUT2D eigenvalue weighted by atomic mass is 10.0. The predicted molar refractivity (Wildman–Crippen MR) is 96.3 cm³/mol. The maximum absolute atomic E-state index is 11.2. The van der Waals surface area contributed by atoms with Gasteiger partial charge in [0, 0.05) is 11.1 Å². The van der Waals surface area contributed by atoms with E-state index in [1.165, 1.54) is 0 Å². The molecule has 2 aromatic carbocycles. The normalized spacial score (nSPS) is 10.4. The fourth-order valence-corrected chi connectivity index (χ4v) is 2.47. The summed E-state index contributed by atoms with van der Waals surface area (Å²) in [5.41, 5.74) is -1.17. The summed E-state index contributed by atoms with van der Waals surface area (Å²) in [7, 11) is 0. The average Bonchev–Trinajstić information content (AvgIpc) is 2.73. The van der Waals surface area contributed by atoms with Crippen molar-refractivity contribution >= 4 is 23.9 Å². The molecule has 30 heavy (non-hydrogen) atoms. The molecule has 0 fully saturated rings. The van der Waals surface area contributed by atoms with Crippen LogP contribution in [-0.2, 0) is 0 Å². The second kappa shape index (κ2) is 7.71. The van der Waals surface area contributed by atoms with Gasteiger partial charge in [0.1, 0.15) is 0 Å². The zero-order valence-electron chi connectivity index (χ0n) is 14.7. The molecular formula is C18H10N4O8. The van der Waals surface area contributed by atoms with Gasteiger partial charge in [-0.2, -0.15) is 0 Å². The van der Waals surface area contributed by atoms with Gasteiger partial charge in [0.2, 0.25) is 11.6 Å². The molecule has 0 saturated heterocycles. The highest BCUT2D eigenvalue weighted by atomic mass is 16.4. The number of benzene rings is 2. The number of aromatic carboxylic acids is 4. The molecule has 0 atom stereocenters. The molecule has 4 N–H and O–H groups in total. The molecule has 0 aliphatic rings. The van der Waals surface area contributed by atoms with Crippen LogP contribution in [0, 0.1) is 0 Å². The Hall–Kier alpha value is -4.74. The van der Waals surface area contributed by atoms with Gasteiger partial charge in [-0.3, -0.25) is 0 Å². The van der Waals surface area contributed by atoms with E-state index in [4.69, 9.17) is 20.4 Å². The monoisotopic (exact) mass is 410 g/mol. The lowest BCUT2D eigenvalue weighted by Crippen LogP contribution is -2.06. The van der Waals surface area contributed by atoms with Crippen LogP contribution in [0.5, 0.6) is 0 Å². The Bertz CT molecular complexity index is 1050. The molecule has 12 nitrogen and oxygen atoms in total. The summed E-state index contributed by atoms with van der Waals surface area (Å²) in [4.78, 5) is 44.8. The van der Waals surface area contributed by atoms with E-state index in [9.17, 15) is 19.2 Å². The lowest BCUT2D eigenvalue weighted by molar-refractivity contribution is 0.0676. The molecule has 0 amide bonds.